The fraction of sp³-hybridized carbons (Fsp3) is 0.500. The summed E-state index contributed by atoms with van der Waals surface area (Å²) >= 11 is 5.17. The van der Waals surface area contributed by atoms with Crippen LogP contribution in [0.5, 0.6) is 0 Å². The molecule has 0 spiro atoms. The van der Waals surface area contributed by atoms with Crippen molar-refractivity contribution in [1.29, 1.82) is 0 Å². The van der Waals surface area contributed by atoms with Crippen LogP contribution >= 0.6 is 12.2 Å². The molecule has 0 saturated carbocycles. The monoisotopic (exact) mass is 429 g/mol. The molecule has 0 aliphatic rings. The Hall–Kier alpha value is -2.07. The van der Waals surface area contributed by atoms with Gasteiger partial charge in [-0.3, -0.25) is 0 Å². The van der Waals surface area contributed by atoms with Crippen LogP contribution in [-0.2, 0) is 11.3 Å². The molecule has 1 aromatic heterocycles. The van der Waals surface area contributed by atoms with Crippen LogP contribution < -0.4 is 5.32 Å². The third-order valence-electron chi connectivity index (χ3n) is 4.79. The molecule has 0 amide bonds. The van der Waals surface area contributed by atoms with Gasteiger partial charge in [-0.2, -0.15) is 0 Å². The fourth-order valence-corrected chi connectivity index (χ4v) is 3.01. The topological polar surface area (TPSA) is 34.4 Å². The maximum Gasteiger partial charge on any atom is 0.257 e. The lowest BCUT2D eigenvalue weighted by Gasteiger charge is -2.07. The van der Waals surface area contributed by atoms with E-state index in [2.05, 4.69) is 64.2 Å². The number of allylic oxidation sites excluding steroid dienone is 7. The van der Waals surface area contributed by atoms with E-state index in [1.54, 1.807) is 6.26 Å². The number of rotatable bonds is 13. The van der Waals surface area contributed by atoms with Crippen molar-refractivity contribution in [2.24, 2.45) is 0 Å². The van der Waals surface area contributed by atoms with Crippen LogP contribution in [0.25, 0.3) is 0 Å². The third kappa shape index (κ3) is 14.0. The molecule has 4 heteroatoms. The zero-order valence-corrected chi connectivity index (χ0v) is 20.2. The van der Waals surface area contributed by atoms with E-state index in [9.17, 15) is 0 Å². The van der Waals surface area contributed by atoms with Crippen LogP contribution in [-0.4, -0.2) is 11.8 Å². The predicted molar refractivity (Wildman–Crippen MR) is 133 cm³/mol. The first-order valence-corrected chi connectivity index (χ1v) is 11.3. The summed E-state index contributed by atoms with van der Waals surface area (Å²) in [6.07, 6.45) is 17.5. The SMILES string of the molecule is CC(C)=CCCC(C)=CCCC(C)=CCCC(C)=CCOC(=S)NCc1ccco1. The standard InChI is InChI=1S/C26H39NO2S/c1-21(2)10-6-11-22(3)12-7-13-23(4)14-8-15-24(5)17-19-29-26(30)27-20-25-16-9-18-28-25/h9-10,12,14,16-18H,6-8,11,13,15,19-20H2,1-5H3,(H,27,30). The minimum Gasteiger partial charge on any atom is -0.467 e. The highest BCUT2D eigenvalue weighted by Crippen LogP contribution is 2.13. The Bertz CT molecular complexity index is 735. The molecule has 1 heterocycles. The zero-order chi connectivity index (χ0) is 22.2. The number of hydrogen-bond acceptors (Lipinski definition) is 3. The van der Waals surface area contributed by atoms with Crippen LogP contribution in [0.3, 0.4) is 0 Å². The van der Waals surface area contributed by atoms with Crippen molar-refractivity contribution in [3.63, 3.8) is 0 Å². The Labute approximate surface area is 189 Å². The Morgan fingerprint density at radius 2 is 1.47 bits per heavy atom. The molecule has 30 heavy (non-hydrogen) atoms. The van der Waals surface area contributed by atoms with E-state index in [4.69, 9.17) is 21.4 Å². The van der Waals surface area contributed by atoms with Gasteiger partial charge < -0.3 is 14.5 Å². The normalized spacial score (nSPS) is 12.6. The summed E-state index contributed by atoms with van der Waals surface area (Å²) in [6, 6.07) is 3.76. The first-order valence-electron chi connectivity index (χ1n) is 10.9. The van der Waals surface area contributed by atoms with Gasteiger partial charge in [0.05, 0.1) is 12.8 Å². The number of thiocarbonyl (C=S) groups is 1. The molecule has 0 unspecified atom stereocenters. The molecule has 0 fully saturated rings. The van der Waals surface area contributed by atoms with Crippen molar-refractivity contribution < 1.29 is 9.15 Å². The van der Waals surface area contributed by atoms with Crippen LogP contribution in [0.4, 0.5) is 0 Å². The lowest BCUT2D eigenvalue weighted by molar-refractivity contribution is 0.338. The Balaban J connectivity index is 2.16. The van der Waals surface area contributed by atoms with Crippen LogP contribution in [0, 0.1) is 0 Å². The molecular weight excluding hydrogens is 390 g/mol. The summed E-state index contributed by atoms with van der Waals surface area (Å²) in [5.74, 6) is 0.837. The number of furan rings is 1. The number of nitrogens with one attached hydrogen (secondary N) is 1. The predicted octanol–water partition coefficient (Wildman–Crippen LogP) is 7.82. The van der Waals surface area contributed by atoms with E-state index in [0.717, 1.165) is 37.9 Å². The molecule has 0 aliphatic heterocycles. The van der Waals surface area contributed by atoms with Gasteiger partial charge in [0, 0.05) is 0 Å². The van der Waals surface area contributed by atoms with Gasteiger partial charge in [-0.25, -0.2) is 0 Å². The Morgan fingerprint density at radius 1 is 0.900 bits per heavy atom. The summed E-state index contributed by atoms with van der Waals surface area (Å²) in [7, 11) is 0. The van der Waals surface area contributed by atoms with E-state index in [1.165, 1.54) is 28.7 Å². The van der Waals surface area contributed by atoms with Gasteiger partial charge in [-0.15, -0.1) is 0 Å². The van der Waals surface area contributed by atoms with Gasteiger partial charge in [-0.1, -0.05) is 40.5 Å². The van der Waals surface area contributed by atoms with Gasteiger partial charge in [0.15, 0.2) is 0 Å². The largest absolute Gasteiger partial charge is 0.467 e. The average molecular weight is 430 g/mol. The zero-order valence-electron chi connectivity index (χ0n) is 19.4. The molecule has 0 aliphatic carbocycles. The van der Waals surface area contributed by atoms with Crippen molar-refractivity contribution in [2.45, 2.75) is 79.7 Å². The van der Waals surface area contributed by atoms with E-state index in [1.807, 2.05) is 12.1 Å². The molecule has 3 nitrogen and oxygen atoms in total. The molecule has 0 saturated heterocycles. The Morgan fingerprint density at radius 3 is 2.00 bits per heavy atom. The van der Waals surface area contributed by atoms with Crippen molar-refractivity contribution in [3.05, 3.63) is 70.8 Å². The lowest BCUT2D eigenvalue weighted by atomic mass is 10.0. The van der Waals surface area contributed by atoms with Crippen molar-refractivity contribution >= 4 is 17.4 Å². The third-order valence-corrected chi connectivity index (χ3v) is 5.05. The molecule has 0 bridgehead atoms. The Kier molecular flexibility index (Phi) is 13.6. The molecular formula is C26H39NO2S. The summed E-state index contributed by atoms with van der Waals surface area (Å²) in [6.45, 7) is 12.0. The summed E-state index contributed by atoms with van der Waals surface area (Å²) < 4.78 is 10.8. The quantitative estimate of drug-likeness (QED) is 0.256. The van der Waals surface area contributed by atoms with E-state index >= 15 is 0 Å². The first kappa shape index (κ1) is 26.0. The van der Waals surface area contributed by atoms with Gasteiger partial charge in [0.1, 0.15) is 12.4 Å². The molecule has 1 N–H and O–H groups in total. The second-order valence-corrected chi connectivity index (χ2v) is 8.45. The van der Waals surface area contributed by atoms with Crippen molar-refractivity contribution in [1.82, 2.24) is 5.32 Å². The van der Waals surface area contributed by atoms with Gasteiger partial charge in [0.25, 0.3) is 5.17 Å². The smallest absolute Gasteiger partial charge is 0.257 e. The van der Waals surface area contributed by atoms with Crippen LogP contribution in [0.15, 0.2) is 69.4 Å². The summed E-state index contributed by atoms with van der Waals surface area (Å²) in [5, 5.41) is 3.43. The second kappa shape index (κ2) is 15.7. The fourth-order valence-electron chi connectivity index (χ4n) is 2.87. The second-order valence-electron chi connectivity index (χ2n) is 8.08. The molecule has 0 aromatic carbocycles. The molecule has 166 valence electrons. The van der Waals surface area contributed by atoms with Gasteiger partial charge in [-0.05, 0) is 104 Å². The van der Waals surface area contributed by atoms with E-state index in [-0.39, 0.29) is 0 Å². The van der Waals surface area contributed by atoms with Crippen molar-refractivity contribution in [2.75, 3.05) is 6.61 Å². The molecule has 1 aromatic rings. The first-order chi connectivity index (χ1) is 14.4. The van der Waals surface area contributed by atoms with Crippen molar-refractivity contribution in [3.8, 4) is 0 Å². The summed E-state index contributed by atoms with van der Waals surface area (Å²) in [4.78, 5) is 0. The van der Waals surface area contributed by atoms with E-state index in [0.29, 0.717) is 18.3 Å². The van der Waals surface area contributed by atoms with Crippen LogP contribution in [0.2, 0.25) is 0 Å². The lowest BCUT2D eigenvalue weighted by Crippen LogP contribution is -2.23. The number of ether oxygens (including phenoxy) is 1. The summed E-state index contributed by atoms with van der Waals surface area (Å²) in [5.41, 5.74) is 5.69. The highest BCUT2D eigenvalue weighted by molar-refractivity contribution is 7.80. The van der Waals surface area contributed by atoms with Gasteiger partial charge >= 0.3 is 0 Å². The molecule has 1 rings (SSSR count). The minimum absolute atomic E-state index is 0.399. The minimum atomic E-state index is 0.399. The molecule has 0 radical (unpaired) electrons. The van der Waals surface area contributed by atoms with E-state index < -0.39 is 0 Å². The highest BCUT2D eigenvalue weighted by Gasteiger charge is 1.99. The number of hydrogen-bond donors (Lipinski definition) is 1. The highest BCUT2D eigenvalue weighted by atomic mass is 32.1. The maximum absolute atomic E-state index is 5.53. The van der Waals surface area contributed by atoms with Gasteiger partial charge in [0.2, 0.25) is 0 Å². The molecule has 0 atom stereocenters. The average Bonchev–Trinajstić information content (AvgIpc) is 3.19. The maximum atomic E-state index is 5.53. The van der Waals surface area contributed by atoms with Crippen LogP contribution in [0.1, 0.15) is 78.9 Å².